The van der Waals surface area contributed by atoms with Crippen molar-refractivity contribution in [2.24, 2.45) is 5.41 Å². The van der Waals surface area contributed by atoms with E-state index in [-0.39, 0.29) is 5.02 Å². The van der Waals surface area contributed by atoms with Crippen LogP contribution in [0.3, 0.4) is 0 Å². The SMILES string of the molecule is Cc1ccccc1NC(=O)C(C)(C)C(=O)Nc1cccc(Cl)c1Cl. The van der Waals surface area contributed by atoms with E-state index in [0.29, 0.717) is 16.4 Å². The predicted octanol–water partition coefficient (Wildman–Crippen LogP) is 4.91. The highest BCUT2D eigenvalue weighted by molar-refractivity contribution is 6.44. The second-order valence-corrected chi connectivity index (χ2v) is 6.73. The number of hydrogen-bond donors (Lipinski definition) is 2. The lowest BCUT2D eigenvalue weighted by Crippen LogP contribution is -2.41. The summed E-state index contributed by atoms with van der Waals surface area (Å²) in [6.07, 6.45) is 0. The molecule has 0 spiro atoms. The molecule has 0 unspecified atom stereocenters. The molecule has 6 heteroatoms. The molecular formula is C18H18Cl2N2O2. The van der Waals surface area contributed by atoms with Gasteiger partial charge in [-0.3, -0.25) is 9.59 Å². The Morgan fingerprint density at radius 2 is 1.42 bits per heavy atom. The minimum Gasteiger partial charge on any atom is -0.325 e. The van der Waals surface area contributed by atoms with Crippen LogP contribution in [-0.2, 0) is 9.59 Å². The van der Waals surface area contributed by atoms with Crippen LogP contribution in [0.15, 0.2) is 42.5 Å². The fourth-order valence-corrected chi connectivity index (χ4v) is 2.32. The van der Waals surface area contributed by atoms with Gasteiger partial charge < -0.3 is 10.6 Å². The fraction of sp³-hybridized carbons (Fsp3) is 0.222. The molecule has 0 aliphatic rings. The quantitative estimate of drug-likeness (QED) is 0.757. The molecule has 0 aliphatic heterocycles. The average molecular weight is 365 g/mol. The zero-order valence-corrected chi connectivity index (χ0v) is 15.1. The zero-order chi connectivity index (χ0) is 17.9. The molecule has 4 nitrogen and oxygen atoms in total. The van der Waals surface area contributed by atoms with E-state index in [9.17, 15) is 9.59 Å². The minimum absolute atomic E-state index is 0.239. The number of carbonyl (C=O) groups is 2. The first-order chi connectivity index (χ1) is 11.2. The molecule has 24 heavy (non-hydrogen) atoms. The number of halogens is 2. The molecular weight excluding hydrogens is 347 g/mol. The summed E-state index contributed by atoms with van der Waals surface area (Å²) in [7, 11) is 0. The van der Waals surface area contributed by atoms with Crippen molar-refractivity contribution in [2.45, 2.75) is 20.8 Å². The molecule has 0 saturated carbocycles. The van der Waals surface area contributed by atoms with Gasteiger partial charge in [-0.25, -0.2) is 0 Å². The van der Waals surface area contributed by atoms with Gasteiger partial charge in [0.25, 0.3) is 0 Å². The minimum atomic E-state index is -1.30. The van der Waals surface area contributed by atoms with E-state index in [2.05, 4.69) is 10.6 Å². The molecule has 2 aromatic rings. The van der Waals surface area contributed by atoms with E-state index < -0.39 is 17.2 Å². The van der Waals surface area contributed by atoms with Crippen molar-refractivity contribution in [3.8, 4) is 0 Å². The maximum absolute atomic E-state index is 12.5. The number of hydrogen-bond acceptors (Lipinski definition) is 2. The van der Waals surface area contributed by atoms with Gasteiger partial charge in [0.05, 0.1) is 15.7 Å². The second kappa shape index (κ2) is 7.24. The largest absolute Gasteiger partial charge is 0.325 e. The summed E-state index contributed by atoms with van der Waals surface area (Å²) in [5.74, 6) is -0.884. The third kappa shape index (κ3) is 3.89. The van der Waals surface area contributed by atoms with Crippen molar-refractivity contribution in [1.29, 1.82) is 0 Å². The fourth-order valence-electron chi connectivity index (χ4n) is 1.97. The Balaban J connectivity index is 2.16. The summed E-state index contributed by atoms with van der Waals surface area (Å²) in [6, 6.07) is 12.3. The molecule has 2 aromatic carbocycles. The van der Waals surface area contributed by atoms with Crippen LogP contribution >= 0.6 is 23.2 Å². The number of rotatable bonds is 4. The molecule has 0 heterocycles. The molecule has 0 atom stereocenters. The lowest BCUT2D eigenvalue weighted by Gasteiger charge is -2.23. The van der Waals surface area contributed by atoms with Crippen LogP contribution in [0.2, 0.25) is 10.0 Å². The number of nitrogens with one attached hydrogen (secondary N) is 2. The van der Waals surface area contributed by atoms with Gasteiger partial charge in [0.1, 0.15) is 5.41 Å². The molecule has 2 rings (SSSR count). The average Bonchev–Trinajstić information content (AvgIpc) is 2.53. The van der Waals surface area contributed by atoms with E-state index in [1.807, 2.05) is 25.1 Å². The Morgan fingerprint density at radius 1 is 0.875 bits per heavy atom. The first-order valence-electron chi connectivity index (χ1n) is 7.36. The van der Waals surface area contributed by atoms with E-state index in [0.717, 1.165) is 5.56 Å². The topological polar surface area (TPSA) is 58.2 Å². The summed E-state index contributed by atoms with van der Waals surface area (Å²) in [5, 5.41) is 6.01. The van der Waals surface area contributed by atoms with Crippen LogP contribution in [0, 0.1) is 12.3 Å². The summed E-state index contributed by atoms with van der Waals surface area (Å²) < 4.78 is 0. The summed E-state index contributed by atoms with van der Waals surface area (Å²) in [5.41, 5.74) is 0.656. The standard InChI is InChI=1S/C18H18Cl2N2O2/c1-11-7-4-5-9-13(11)21-16(23)18(2,3)17(24)22-14-10-6-8-12(19)15(14)20/h4-10H,1-3H3,(H,21,23)(H,22,24). The zero-order valence-electron chi connectivity index (χ0n) is 13.6. The van der Waals surface area contributed by atoms with Gasteiger partial charge in [0, 0.05) is 5.69 Å². The first-order valence-corrected chi connectivity index (χ1v) is 8.11. The van der Waals surface area contributed by atoms with Gasteiger partial charge in [-0.15, -0.1) is 0 Å². The van der Waals surface area contributed by atoms with Crippen LogP contribution in [-0.4, -0.2) is 11.8 Å². The van der Waals surface area contributed by atoms with Crippen molar-refractivity contribution < 1.29 is 9.59 Å². The highest BCUT2D eigenvalue weighted by Gasteiger charge is 2.36. The molecule has 2 amide bonds. The highest BCUT2D eigenvalue weighted by atomic mass is 35.5. The van der Waals surface area contributed by atoms with Gasteiger partial charge >= 0.3 is 0 Å². The van der Waals surface area contributed by atoms with Crippen LogP contribution in [0.1, 0.15) is 19.4 Å². The normalized spacial score (nSPS) is 11.0. The molecule has 0 radical (unpaired) electrons. The van der Waals surface area contributed by atoms with Gasteiger partial charge in [0.2, 0.25) is 11.8 Å². The van der Waals surface area contributed by atoms with Gasteiger partial charge in [0.15, 0.2) is 0 Å². The molecule has 126 valence electrons. The number of benzene rings is 2. The Kier molecular flexibility index (Phi) is 5.52. The third-order valence-corrected chi connectivity index (χ3v) is 4.55. The predicted molar refractivity (Wildman–Crippen MR) is 98.7 cm³/mol. The molecule has 0 saturated heterocycles. The third-order valence-electron chi connectivity index (χ3n) is 3.73. The number of aryl methyl sites for hydroxylation is 1. The van der Waals surface area contributed by atoms with Gasteiger partial charge in [-0.1, -0.05) is 47.5 Å². The van der Waals surface area contributed by atoms with Gasteiger partial charge in [-0.05, 0) is 44.5 Å². The first kappa shape index (κ1) is 18.3. The summed E-state index contributed by atoms with van der Waals surface area (Å²) >= 11 is 12.0. The summed E-state index contributed by atoms with van der Waals surface area (Å²) in [6.45, 7) is 4.98. The lowest BCUT2D eigenvalue weighted by atomic mass is 9.90. The molecule has 0 aliphatic carbocycles. The molecule has 0 bridgehead atoms. The number of amides is 2. The number of anilines is 2. The molecule has 0 aromatic heterocycles. The summed E-state index contributed by atoms with van der Waals surface area (Å²) in [4.78, 5) is 25.1. The van der Waals surface area contributed by atoms with E-state index in [4.69, 9.17) is 23.2 Å². The van der Waals surface area contributed by atoms with E-state index in [1.54, 1.807) is 38.1 Å². The maximum Gasteiger partial charge on any atom is 0.239 e. The number of para-hydroxylation sites is 1. The molecule has 0 fully saturated rings. The van der Waals surface area contributed by atoms with E-state index in [1.165, 1.54) is 0 Å². The van der Waals surface area contributed by atoms with Crippen LogP contribution in [0.5, 0.6) is 0 Å². The number of carbonyl (C=O) groups excluding carboxylic acids is 2. The van der Waals surface area contributed by atoms with Crippen LogP contribution in [0.4, 0.5) is 11.4 Å². The Morgan fingerprint density at radius 3 is 2.04 bits per heavy atom. The monoisotopic (exact) mass is 364 g/mol. The van der Waals surface area contributed by atoms with Crippen molar-refractivity contribution in [1.82, 2.24) is 0 Å². The van der Waals surface area contributed by atoms with Gasteiger partial charge in [-0.2, -0.15) is 0 Å². The smallest absolute Gasteiger partial charge is 0.239 e. The van der Waals surface area contributed by atoms with Crippen LogP contribution in [0.25, 0.3) is 0 Å². The van der Waals surface area contributed by atoms with E-state index >= 15 is 0 Å². The van der Waals surface area contributed by atoms with Crippen molar-refractivity contribution >= 4 is 46.4 Å². The van der Waals surface area contributed by atoms with Crippen molar-refractivity contribution in [3.05, 3.63) is 58.1 Å². The van der Waals surface area contributed by atoms with Crippen molar-refractivity contribution in [3.63, 3.8) is 0 Å². The highest BCUT2D eigenvalue weighted by Crippen LogP contribution is 2.31. The maximum atomic E-state index is 12.5. The Labute approximate surface area is 151 Å². The van der Waals surface area contributed by atoms with Crippen LogP contribution < -0.4 is 10.6 Å². The Bertz CT molecular complexity index is 788. The Hall–Kier alpha value is -2.04. The van der Waals surface area contributed by atoms with Crippen molar-refractivity contribution in [2.75, 3.05) is 10.6 Å². The molecule has 2 N–H and O–H groups in total. The second-order valence-electron chi connectivity index (χ2n) is 5.95. The lowest BCUT2D eigenvalue weighted by molar-refractivity contribution is -0.135.